The third-order valence-electron chi connectivity index (χ3n) is 5.88. The Hall–Kier alpha value is -2.41. The Balaban J connectivity index is 1.59. The number of ether oxygens (including phenoxy) is 2. The van der Waals surface area contributed by atoms with Gasteiger partial charge in [-0.1, -0.05) is 18.9 Å². The monoisotopic (exact) mass is 372 g/mol. The molecule has 0 unspecified atom stereocenters. The summed E-state index contributed by atoms with van der Waals surface area (Å²) in [5.41, 5.74) is 1.87. The average molecular weight is 372 g/mol. The Kier molecular flexibility index (Phi) is 4.86. The van der Waals surface area contributed by atoms with Crippen molar-refractivity contribution in [2.45, 2.75) is 44.3 Å². The van der Waals surface area contributed by atoms with Crippen molar-refractivity contribution in [3.8, 4) is 0 Å². The van der Waals surface area contributed by atoms with Crippen LogP contribution < -0.4 is 0 Å². The molecule has 0 bridgehead atoms. The number of benzene rings is 1. The Morgan fingerprint density at radius 1 is 1.15 bits per heavy atom. The van der Waals surface area contributed by atoms with Crippen LogP contribution in [0.25, 0.3) is 0 Å². The lowest BCUT2D eigenvalue weighted by atomic mass is 9.87. The molecule has 1 aromatic rings. The van der Waals surface area contributed by atoms with Crippen molar-refractivity contribution in [2.24, 2.45) is 0 Å². The highest BCUT2D eigenvalue weighted by atomic mass is 16.5. The zero-order valence-electron chi connectivity index (χ0n) is 15.5. The fraction of sp³-hybridized carbons (Fsp3) is 0.550. The number of methoxy groups -OCH3 is 1. The van der Waals surface area contributed by atoms with Gasteiger partial charge in [0.25, 0.3) is 5.91 Å². The van der Waals surface area contributed by atoms with E-state index in [2.05, 4.69) is 0 Å². The average Bonchev–Trinajstić information content (AvgIpc) is 3.03. The second kappa shape index (κ2) is 7.31. The minimum Gasteiger partial charge on any atom is -0.465 e. The Morgan fingerprint density at radius 3 is 2.59 bits per heavy atom. The number of esters is 1. The molecule has 2 atom stereocenters. The maximum atomic E-state index is 13.1. The van der Waals surface area contributed by atoms with E-state index >= 15 is 0 Å². The summed E-state index contributed by atoms with van der Waals surface area (Å²) in [4.78, 5) is 41.1. The highest BCUT2D eigenvalue weighted by Crippen LogP contribution is 2.34. The molecule has 7 nitrogen and oxygen atoms in total. The number of carbonyl (C=O) groups excluding carboxylic acids is 3. The molecule has 2 heterocycles. The molecule has 144 valence electrons. The summed E-state index contributed by atoms with van der Waals surface area (Å²) < 4.78 is 10.0. The van der Waals surface area contributed by atoms with Crippen LogP contribution in [-0.4, -0.2) is 66.5 Å². The van der Waals surface area contributed by atoms with Gasteiger partial charge in [-0.2, -0.15) is 0 Å². The SMILES string of the molecule is COC(=O)c1ccc2c(c1)C(=O)N([C@@H]1CCCC[C@H]1N1CCOCC1=O)C2. The Morgan fingerprint density at radius 2 is 1.89 bits per heavy atom. The molecule has 2 aliphatic heterocycles. The molecule has 1 aliphatic carbocycles. The smallest absolute Gasteiger partial charge is 0.337 e. The molecule has 0 spiro atoms. The van der Waals surface area contributed by atoms with E-state index in [-0.39, 0.29) is 30.5 Å². The molecular formula is C20H24N2O5. The zero-order valence-corrected chi connectivity index (χ0v) is 15.5. The van der Waals surface area contributed by atoms with Crippen LogP contribution in [0.1, 0.15) is 52.0 Å². The van der Waals surface area contributed by atoms with Gasteiger partial charge in [0.15, 0.2) is 0 Å². The number of fused-ring (bicyclic) bond motifs is 1. The number of rotatable bonds is 3. The number of hydrogen-bond donors (Lipinski definition) is 0. The van der Waals surface area contributed by atoms with Crippen molar-refractivity contribution in [1.82, 2.24) is 9.80 Å². The molecule has 1 aromatic carbocycles. The molecule has 0 N–H and O–H groups in total. The molecule has 1 saturated heterocycles. The topological polar surface area (TPSA) is 76.2 Å². The Bertz CT molecular complexity index is 778. The van der Waals surface area contributed by atoms with Crippen LogP contribution in [0.3, 0.4) is 0 Å². The molecule has 2 amide bonds. The number of hydrogen-bond acceptors (Lipinski definition) is 5. The maximum Gasteiger partial charge on any atom is 0.337 e. The lowest BCUT2D eigenvalue weighted by Gasteiger charge is -2.44. The first-order chi connectivity index (χ1) is 13.1. The molecule has 0 aromatic heterocycles. The highest BCUT2D eigenvalue weighted by Gasteiger charge is 2.42. The van der Waals surface area contributed by atoms with Gasteiger partial charge >= 0.3 is 5.97 Å². The van der Waals surface area contributed by atoms with E-state index in [4.69, 9.17) is 9.47 Å². The van der Waals surface area contributed by atoms with Crippen LogP contribution in [-0.2, 0) is 20.8 Å². The summed E-state index contributed by atoms with van der Waals surface area (Å²) in [6.07, 6.45) is 3.91. The molecule has 4 rings (SSSR count). The molecule has 1 saturated carbocycles. The second-order valence-electron chi connectivity index (χ2n) is 7.36. The van der Waals surface area contributed by atoms with E-state index < -0.39 is 5.97 Å². The number of amides is 2. The first-order valence-corrected chi connectivity index (χ1v) is 9.49. The number of morpholine rings is 1. The van der Waals surface area contributed by atoms with Crippen LogP contribution >= 0.6 is 0 Å². The van der Waals surface area contributed by atoms with Crippen molar-refractivity contribution in [3.63, 3.8) is 0 Å². The van der Waals surface area contributed by atoms with Gasteiger partial charge in [0.05, 0.1) is 31.4 Å². The second-order valence-corrected chi connectivity index (χ2v) is 7.36. The van der Waals surface area contributed by atoms with Crippen LogP contribution in [0.5, 0.6) is 0 Å². The molecular weight excluding hydrogens is 348 g/mol. The predicted molar refractivity (Wildman–Crippen MR) is 96.2 cm³/mol. The maximum absolute atomic E-state index is 13.1. The Labute approximate surface area is 158 Å². The van der Waals surface area contributed by atoms with Gasteiger partial charge in [0.2, 0.25) is 5.91 Å². The van der Waals surface area contributed by atoms with Gasteiger partial charge in [0, 0.05) is 18.7 Å². The lowest BCUT2D eigenvalue weighted by molar-refractivity contribution is -0.148. The fourth-order valence-electron chi connectivity index (χ4n) is 4.54. The zero-order chi connectivity index (χ0) is 19.0. The van der Waals surface area contributed by atoms with Crippen LogP contribution in [0.4, 0.5) is 0 Å². The largest absolute Gasteiger partial charge is 0.465 e. The normalized spacial score (nSPS) is 25.5. The lowest BCUT2D eigenvalue weighted by Crippen LogP contribution is -2.58. The van der Waals surface area contributed by atoms with Crippen LogP contribution in [0.15, 0.2) is 18.2 Å². The van der Waals surface area contributed by atoms with Crippen molar-refractivity contribution in [3.05, 3.63) is 34.9 Å². The standard InChI is InChI=1S/C20H24N2O5/c1-26-20(25)13-6-7-14-11-22(19(24)15(14)10-13)17-5-3-2-4-16(17)21-8-9-27-12-18(21)23/h6-7,10,16-17H,2-5,8-9,11-12H2,1H3/t16-,17-/m1/s1. The van der Waals surface area contributed by atoms with Crippen molar-refractivity contribution < 1.29 is 23.9 Å². The van der Waals surface area contributed by atoms with Crippen LogP contribution in [0.2, 0.25) is 0 Å². The van der Waals surface area contributed by atoms with Crippen LogP contribution in [0, 0.1) is 0 Å². The van der Waals surface area contributed by atoms with Gasteiger partial charge in [0.1, 0.15) is 6.61 Å². The van der Waals surface area contributed by atoms with Gasteiger partial charge in [-0.25, -0.2) is 4.79 Å². The van der Waals surface area contributed by atoms with Gasteiger partial charge in [-0.15, -0.1) is 0 Å². The molecule has 3 aliphatic rings. The first-order valence-electron chi connectivity index (χ1n) is 9.49. The fourth-order valence-corrected chi connectivity index (χ4v) is 4.54. The summed E-state index contributed by atoms with van der Waals surface area (Å²) in [6.45, 7) is 1.78. The number of nitrogens with zero attached hydrogens (tertiary/aromatic N) is 2. The van der Waals surface area contributed by atoms with E-state index in [0.29, 0.717) is 30.8 Å². The third-order valence-corrected chi connectivity index (χ3v) is 5.88. The van der Waals surface area contributed by atoms with E-state index in [1.807, 2.05) is 15.9 Å². The van der Waals surface area contributed by atoms with E-state index in [0.717, 1.165) is 31.2 Å². The number of carbonyl (C=O) groups is 3. The van der Waals surface area contributed by atoms with Gasteiger partial charge < -0.3 is 19.3 Å². The van der Waals surface area contributed by atoms with E-state index in [9.17, 15) is 14.4 Å². The van der Waals surface area contributed by atoms with Gasteiger partial charge in [-0.05, 0) is 30.5 Å². The molecule has 2 fully saturated rings. The first kappa shape index (κ1) is 18.0. The van der Waals surface area contributed by atoms with Crippen molar-refractivity contribution >= 4 is 17.8 Å². The highest BCUT2D eigenvalue weighted by molar-refractivity contribution is 6.01. The van der Waals surface area contributed by atoms with Gasteiger partial charge in [-0.3, -0.25) is 9.59 Å². The van der Waals surface area contributed by atoms with E-state index in [1.165, 1.54) is 7.11 Å². The van der Waals surface area contributed by atoms with Crippen molar-refractivity contribution in [2.75, 3.05) is 26.9 Å². The summed E-state index contributed by atoms with van der Waals surface area (Å²) in [7, 11) is 1.33. The minimum atomic E-state index is -0.446. The van der Waals surface area contributed by atoms with Crippen molar-refractivity contribution in [1.29, 1.82) is 0 Å². The van der Waals surface area contributed by atoms with E-state index in [1.54, 1.807) is 12.1 Å². The minimum absolute atomic E-state index is 0.00211. The molecule has 7 heteroatoms. The molecule has 0 radical (unpaired) electrons. The predicted octanol–water partition coefficient (Wildman–Crippen LogP) is 1.60. The summed E-state index contributed by atoms with van der Waals surface area (Å²) in [5.74, 6) is -0.498. The quantitative estimate of drug-likeness (QED) is 0.754. The summed E-state index contributed by atoms with van der Waals surface area (Å²) in [5, 5.41) is 0. The third kappa shape index (κ3) is 3.20. The molecule has 27 heavy (non-hydrogen) atoms. The summed E-state index contributed by atoms with van der Waals surface area (Å²) in [6, 6.07) is 5.19. The summed E-state index contributed by atoms with van der Waals surface area (Å²) >= 11 is 0.